The Kier molecular flexibility index (Phi) is 12.7. The maximum atomic E-state index is 11.8. The van der Waals surface area contributed by atoms with E-state index in [1.807, 2.05) is 0 Å². The van der Waals surface area contributed by atoms with Crippen LogP contribution >= 0.6 is 0 Å². The molecule has 2 amide bonds. The van der Waals surface area contributed by atoms with Crippen LogP contribution in [-0.4, -0.2) is 71.3 Å². The van der Waals surface area contributed by atoms with Crippen LogP contribution in [0.3, 0.4) is 0 Å². The van der Waals surface area contributed by atoms with E-state index in [0.29, 0.717) is 35.9 Å². The van der Waals surface area contributed by atoms with Crippen LogP contribution in [0.25, 0.3) is 0 Å². The fraction of sp³-hybridized carbons (Fsp3) is 0.789. The van der Waals surface area contributed by atoms with Crippen molar-refractivity contribution in [2.45, 2.75) is 85.3 Å². The van der Waals surface area contributed by atoms with E-state index in [4.69, 9.17) is 6.15 Å². The van der Waals surface area contributed by atoms with Gasteiger partial charge in [-0.1, -0.05) is 0 Å². The van der Waals surface area contributed by atoms with Gasteiger partial charge in [-0.15, -0.1) is 0 Å². The summed E-state index contributed by atoms with van der Waals surface area (Å²) in [7, 11) is 0. The van der Waals surface area contributed by atoms with Crippen LogP contribution in [0.5, 0.6) is 0 Å². The van der Waals surface area contributed by atoms with Crippen LogP contribution in [0.1, 0.15) is 65.7 Å². The molecule has 0 saturated carbocycles. The molecule has 1 rings (SSSR count). The molecule has 1 atom stereocenters. The zero-order valence-electron chi connectivity index (χ0n) is 16.7. The van der Waals surface area contributed by atoms with Gasteiger partial charge in [0.25, 0.3) is 0 Å². The van der Waals surface area contributed by atoms with Gasteiger partial charge in [0.2, 0.25) is 0 Å². The summed E-state index contributed by atoms with van der Waals surface area (Å²) in [6.45, 7) is 7.11. The molecule has 0 aromatic carbocycles. The van der Waals surface area contributed by atoms with Gasteiger partial charge in [-0.25, -0.2) is 0 Å². The van der Waals surface area contributed by atoms with Gasteiger partial charge in [-0.3, -0.25) is 0 Å². The molecule has 0 aromatic rings. The molecule has 0 saturated heterocycles. The number of imide groups is 1. The van der Waals surface area contributed by atoms with Gasteiger partial charge in [0.1, 0.15) is 0 Å². The molecule has 0 aliphatic carbocycles. The number of unbranched alkanes of at least 4 members (excludes halogenated alkanes) is 3. The van der Waals surface area contributed by atoms with E-state index in [0.717, 1.165) is 0 Å². The quantitative estimate of drug-likeness (QED) is 0.168. The average molecular weight is 579 g/mol. The molecular formula is C19H35NO4Sn2. The van der Waals surface area contributed by atoms with E-state index in [1.165, 1.54) is 68.9 Å². The van der Waals surface area contributed by atoms with Crippen molar-refractivity contribution in [3.05, 3.63) is 12.2 Å². The zero-order chi connectivity index (χ0) is 19.4. The molecule has 1 aliphatic rings. The Bertz CT molecular complexity index is 431. The van der Waals surface area contributed by atoms with Crippen molar-refractivity contribution < 1.29 is 15.7 Å². The SMILES string of the molecule is CCC[CH2][Sn]([CH2]CCC)([CH2]CCC)[O]C(CCN1C(=O)C=CC1=O)[O][SnH]. The normalized spacial score (nSPS) is 15.9. The van der Waals surface area contributed by atoms with Crippen molar-refractivity contribution in [3.63, 3.8) is 0 Å². The Morgan fingerprint density at radius 3 is 1.81 bits per heavy atom. The summed E-state index contributed by atoms with van der Waals surface area (Å²) >= 11 is -2.07. The van der Waals surface area contributed by atoms with Crippen LogP contribution in [0.2, 0.25) is 13.3 Å². The van der Waals surface area contributed by atoms with Crippen LogP contribution < -0.4 is 0 Å². The van der Waals surface area contributed by atoms with Gasteiger partial charge in [0.15, 0.2) is 0 Å². The Balaban J connectivity index is 2.75. The molecule has 1 unspecified atom stereocenters. The Morgan fingerprint density at radius 2 is 1.42 bits per heavy atom. The van der Waals surface area contributed by atoms with E-state index in [2.05, 4.69) is 20.8 Å². The summed E-state index contributed by atoms with van der Waals surface area (Å²) < 4.78 is 16.3. The molecule has 0 aromatic heterocycles. The first-order chi connectivity index (χ1) is 12.5. The summed E-state index contributed by atoms with van der Waals surface area (Å²) in [5, 5.41) is 0. The number of carbonyl (C=O) groups is 2. The van der Waals surface area contributed by atoms with Crippen molar-refractivity contribution in [2.24, 2.45) is 0 Å². The first-order valence-corrected chi connectivity index (χ1v) is 18.6. The second-order valence-corrected chi connectivity index (χ2v) is 19.6. The molecule has 1 aliphatic heterocycles. The number of rotatable bonds is 15. The molecule has 26 heavy (non-hydrogen) atoms. The molecule has 148 valence electrons. The summed E-state index contributed by atoms with van der Waals surface area (Å²) in [4.78, 5) is 24.8. The minimum atomic E-state index is -2.74. The van der Waals surface area contributed by atoms with E-state index >= 15 is 0 Å². The molecule has 0 spiro atoms. The third-order valence-electron chi connectivity index (χ3n) is 4.98. The van der Waals surface area contributed by atoms with Crippen molar-refractivity contribution in [1.82, 2.24) is 4.90 Å². The monoisotopic (exact) mass is 581 g/mol. The molecule has 5 nitrogen and oxygen atoms in total. The van der Waals surface area contributed by atoms with Gasteiger partial charge in [0.05, 0.1) is 0 Å². The fourth-order valence-electron chi connectivity index (χ4n) is 3.37. The third-order valence-corrected chi connectivity index (χ3v) is 18.9. The van der Waals surface area contributed by atoms with Gasteiger partial charge >= 0.3 is 178 Å². The third kappa shape index (κ3) is 8.18. The second-order valence-electron chi connectivity index (χ2n) is 7.13. The van der Waals surface area contributed by atoms with E-state index in [9.17, 15) is 9.59 Å². The Morgan fingerprint density at radius 1 is 0.962 bits per heavy atom. The Hall–Kier alpha value is 0.397. The van der Waals surface area contributed by atoms with Gasteiger partial charge < -0.3 is 0 Å². The first-order valence-electron chi connectivity index (χ1n) is 10.1. The standard InChI is InChI=1S/C7H7NO4.3C4H9.2Sn.H/c9-5-1-2-6(10)8(5)4-3-7(11)12;3*1-3-4-2;;;/h1-2,7H,3-4H2;3*1,3-4H2,2H3;;;/q-2;;;;2*+1;. The van der Waals surface area contributed by atoms with E-state index in [-0.39, 0.29) is 18.1 Å². The van der Waals surface area contributed by atoms with E-state index < -0.39 is 18.8 Å². The van der Waals surface area contributed by atoms with Crippen molar-refractivity contribution >= 4 is 53.5 Å². The zero-order valence-corrected chi connectivity index (χ0v) is 22.8. The Labute approximate surface area is 177 Å². The van der Waals surface area contributed by atoms with Crippen molar-refractivity contribution in [3.8, 4) is 0 Å². The minimum absolute atomic E-state index is 0.223. The van der Waals surface area contributed by atoms with Gasteiger partial charge in [-0.05, 0) is 0 Å². The summed E-state index contributed by atoms with van der Waals surface area (Å²) in [6, 6.07) is 0. The van der Waals surface area contributed by atoms with Crippen molar-refractivity contribution in [1.29, 1.82) is 0 Å². The predicted octanol–water partition coefficient (Wildman–Crippen LogP) is 3.82. The molecule has 1 heterocycles. The van der Waals surface area contributed by atoms with Gasteiger partial charge in [-0.2, -0.15) is 0 Å². The van der Waals surface area contributed by atoms with Crippen LogP contribution in [-0.2, 0) is 15.7 Å². The van der Waals surface area contributed by atoms with E-state index in [1.54, 1.807) is 0 Å². The number of hydrogen-bond acceptors (Lipinski definition) is 4. The summed E-state index contributed by atoms with van der Waals surface area (Å²) in [5.41, 5.74) is 0. The van der Waals surface area contributed by atoms with Gasteiger partial charge in [0, 0.05) is 0 Å². The predicted molar refractivity (Wildman–Crippen MR) is 108 cm³/mol. The molecule has 7 heteroatoms. The number of hydrogen-bond donors (Lipinski definition) is 0. The topological polar surface area (TPSA) is 55.8 Å². The summed E-state index contributed by atoms with van der Waals surface area (Å²) in [6.07, 6.45) is 10.3. The fourth-order valence-corrected chi connectivity index (χ4v) is 18.6. The molecule has 0 N–H and O–H groups in total. The number of amides is 2. The van der Waals surface area contributed by atoms with Crippen LogP contribution in [0.4, 0.5) is 0 Å². The molecule has 2 radical (unpaired) electrons. The average Bonchev–Trinajstić information content (AvgIpc) is 2.97. The summed E-state index contributed by atoms with van der Waals surface area (Å²) in [5.74, 6) is -0.446. The van der Waals surface area contributed by atoms with Crippen molar-refractivity contribution in [2.75, 3.05) is 6.54 Å². The molecule has 0 fully saturated rings. The number of carbonyl (C=O) groups excluding carboxylic acids is 2. The maximum absolute atomic E-state index is 11.8. The molecule has 0 bridgehead atoms. The number of nitrogens with zero attached hydrogens (tertiary/aromatic N) is 1. The second kappa shape index (κ2) is 13.6. The van der Waals surface area contributed by atoms with Crippen LogP contribution in [0, 0.1) is 0 Å². The molecular weight excluding hydrogens is 544 g/mol. The van der Waals surface area contributed by atoms with Crippen LogP contribution in [0.15, 0.2) is 12.2 Å². The first kappa shape index (κ1) is 24.4.